The second-order valence-corrected chi connectivity index (χ2v) is 5.18. The van der Waals surface area contributed by atoms with Gasteiger partial charge in [0.25, 0.3) is 5.56 Å². The molecule has 6 heteroatoms. The van der Waals surface area contributed by atoms with Crippen molar-refractivity contribution < 1.29 is 0 Å². The fourth-order valence-electron chi connectivity index (χ4n) is 2.20. The first-order valence-corrected chi connectivity index (χ1v) is 6.59. The van der Waals surface area contributed by atoms with Crippen molar-refractivity contribution in [3.05, 3.63) is 57.9 Å². The summed E-state index contributed by atoms with van der Waals surface area (Å²) in [5.74, 6) is 0. The lowest BCUT2D eigenvalue weighted by Gasteiger charge is -2.13. The minimum atomic E-state index is -0.132. The molecule has 0 saturated carbocycles. The topological polar surface area (TPSA) is 52.7 Å². The smallest absolute Gasteiger partial charge is 0.261 e. The Morgan fingerprint density at radius 1 is 1.35 bits per heavy atom. The van der Waals surface area contributed by atoms with Gasteiger partial charge in [-0.2, -0.15) is 5.10 Å². The van der Waals surface area contributed by atoms with Crippen molar-refractivity contribution in [1.29, 1.82) is 0 Å². The average molecular weight is 289 g/mol. The zero-order valence-electron chi connectivity index (χ0n) is 11.1. The number of benzene rings is 1. The van der Waals surface area contributed by atoms with Gasteiger partial charge in [0.15, 0.2) is 0 Å². The molecule has 3 aromatic rings. The predicted octanol–water partition coefficient (Wildman–Crippen LogP) is 2.39. The number of hydrogen-bond donors (Lipinski definition) is 0. The van der Waals surface area contributed by atoms with Crippen LogP contribution in [0, 0.1) is 0 Å². The standard InChI is InChI=1S/C14H13ClN4O/c1-9(10-6-17-18(2)7-10)19-8-16-13-4-3-11(15)5-12(13)14(19)20/h3-9H,1-2H3/t9-/m1/s1. The van der Waals surface area contributed by atoms with Crippen molar-refractivity contribution >= 4 is 22.5 Å². The Kier molecular flexibility index (Phi) is 3.06. The van der Waals surface area contributed by atoms with Gasteiger partial charge >= 0.3 is 0 Å². The average Bonchev–Trinajstić information content (AvgIpc) is 2.86. The van der Waals surface area contributed by atoms with Crippen LogP contribution in [-0.4, -0.2) is 19.3 Å². The van der Waals surface area contributed by atoms with E-state index in [1.54, 1.807) is 40.0 Å². The zero-order valence-corrected chi connectivity index (χ0v) is 11.9. The molecule has 0 aliphatic heterocycles. The molecule has 2 aromatic heterocycles. The summed E-state index contributed by atoms with van der Waals surface area (Å²) in [5.41, 5.74) is 1.50. The van der Waals surface area contributed by atoms with Crippen LogP contribution >= 0.6 is 11.6 Å². The van der Waals surface area contributed by atoms with Crippen LogP contribution in [-0.2, 0) is 7.05 Å². The van der Waals surface area contributed by atoms with E-state index < -0.39 is 0 Å². The first kappa shape index (κ1) is 12.9. The Labute approximate surface area is 120 Å². The molecule has 0 bridgehead atoms. The van der Waals surface area contributed by atoms with Gasteiger partial charge in [-0.25, -0.2) is 4.98 Å². The second-order valence-electron chi connectivity index (χ2n) is 4.74. The molecule has 1 aromatic carbocycles. The van der Waals surface area contributed by atoms with E-state index in [1.165, 1.54) is 0 Å². The van der Waals surface area contributed by atoms with Crippen molar-refractivity contribution in [2.75, 3.05) is 0 Å². The van der Waals surface area contributed by atoms with E-state index in [1.807, 2.05) is 20.2 Å². The van der Waals surface area contributed by atoms with Crippen LogP contribution in [0.4, 0.5) is 0 Å². The molecule has 0 saturated heterocycles. The van der Waals surface area contributed by atoms with Gasteiger partial charge in [0.2, 0.25) is 0 Å². The quantitative estimate of drug-likeness (QED) is 0.727. The van der Waals surface area contributed by atoms with E-state index in [0.717, 1.165) is 5.56 Å². The van der Waals surface area contributed by atoms with Gasteiger partial charge in [-0.3, -0.25) is 14.0 Å². The Morgan fingerprint density at radius 3 is 2.85 bits per heavy atom. The van der Waals surface area contributed by atoms with Gasteiger partial charge in [0, 0.05) is 23.8 Å². The molecule has 1 atom stereocenters. The molecule has 20 heavy (non-hydrogen) atoms. The summed E-state index contributed by atoms with van der Waals surface area (Å²) in [4.78, 5) is 16.9. The highest BCUT2D eigenvalue weighted by atomic mass is 35.5. The summed E-state index contributed by atoms with van der Waals surface area (Å²) in [5, 5.41) is 5.18. The predicted molar refractivity (Wildman–Crippen MR) is 78.0 cm³/mol. The minimum Gasteiger partial charge on any atom is -0.291 e. The molecule has 0 spiro atoms. The largest absolute Gasteiger partial charge is 0.291 e. The molecule has 0 aliphatic carbocycles. The summed E-state index contributed by atoms with van der Waals surface area (Å²) >= 11 is 5.95. The van der Waals surface area contributed by atoms with Crippen LogP contribution in [0.15, 0.2) is 41.7 Å². The number of hydrogen-bond acceptors (Lipinski definition) is 3. The zero-order chi connectivity index (χ0) is 14.3. The number of nitrogens with zero attached hydrogens (tertiary/aromatic N) is 4. The van der Waals surface area contributed by atoms with Crippen LogP contribution in [0.3, 0.4) is 0 Å². The number of aromatic nitrogens is 4. The van der Waals surface area contributed by atoms with Crippen LogP contribution in [0.2, 0.25) is 5.02 Å². The molecule has 102 valence electrons. The molecule has 0 unspecified atom stereocenters. The number of rotatable bonds is 2. The van der Waals surface area contributed by atoms with Gasteiger partial charge in [-0.15, -0.1) is 0 Å². The molecular weight excluding hydrogens is 276 g/mol. The van der Waals surface area contributed by atoms with E-state index in [-0.39, 0.29) is 11.6 Å². The lowest BCUT2D eigenvalue weighted by atomic mass is 10.2. The molecule has 0 radical (unpaired) electrons. The lowest BCUT2D eigenvalue weighted by molar-refractivity contribution is 0.608. The molecular formula is C14H13ClN4O. The molecule has 3 rings (SSSR count). The molecule has 0 amide bonds. The van der Waals surface area contributed by atoms with E-state index >= 15 is 0 Å². The highest BCUT2D eigenvalue weighted by Gasteiger charge is 2.13. The second kappa shape index (κ2) is 4.76. The molecule has 0 aliphatic rings. The highest BCUT2D eigenvalue weighted by molar-refractivity contribution is 6.31. The third-order valence-electron chi connectivity index (χ3n) is 3.37. The van der Waals surface area contributed by atoms with Gasteiger partial charge in [0.1, 0.15) is 0 Å². The Morgan fingerprint density at radius 2 is 2.15 bits per heavy atom. The van der Waals surface area contributed by atoms with Gasteiger partial charge < -0.3 is 0 Å². The maximum atomic E-state index is 12.5. The number of fused-ring (bicyclic) bond motifs is 1. The SMILES string of the molecule is C[C@H](c1cnn(C)c1)n1cnc2ccc(Cl)cc2c1=O. The van der Waals surface area contributed by atoms with Crippen molar-refractivity contribution in [3.8, 4) is 0 Å². The summed E-state index contributed by atoms with van der Waals surface area (Å²) in [6, 6.07) is 4.99. The van der Waals surface area contributed by atoms with Gasteiger partial charge in [-0.05, 0) is 25.1 Å². The van der Waals surface area contributed by atoms with E-state index in [2.05, 4.69) is 10.1 Å². The number of aryl methyl sites for hydroxylation is 1. The van der Waals surface area contributed by atoms with Crippen molar-refractivity contribution in [3.63, 3.8) is 0 Å². The summed E-state index contributed by atoms with van der Waals surface area (Å²) in [6.45, 7) is 1.94. The van der Waals surface area contributed by atoms with Crippen molar-refractivity contribution in [2.24, 2.45) is 7.05 Å². The van der Waals surface area contributed by atoms with E-state index in [9.17, 15) is 4.79 Å². The highest BCUT2D eigenvalue weighted by Crippen LogP contribution is 2.18. The first-order chi connectivity index (χ1) is 9.56. The maximum absolute atomic E-state index is 12.5. The van der Waals surface area contributed by atoms with E-state index in [0.29, 0.717) is 15.9 Å². The molecule has 0 fully saturated rings. The first-order valence-electron chi connectivity index (χ1n) is 6.21. The normalized spacial score (nSPS) is 12.8. The lowest BCUT2D eigenvalue weighted by Crippen LogP contribution is -2.24. The van der Waals surface area contributed by atoms with Crippen molar-refractivity contribution in [2.45, 2.75) is 13.0 Å². The molecule has 0 N–H and O–H groups in total. The van der Waals surface area contributed by atoms with Crippen molar-refractivity contribution in [1.82, 2.24) is 19.3 Å². The molecule has 2 heterocycles. The Balaban J connectivity index is 2.17. The van der Waals surface area contributed by atoms with Crippen LogP contribution in [0.5, 0.6) is 0 Å². The van der Waals surface area contributed by atoms with Gasteiger partial charge in [-0.1, -0.05) is 11.6 Å². The van der Waals surface area contributed by atoms with Gasteiger partial charge in [0.05, 0.1) is 29.5 Å². The van der Waals surface area contributed by atoms with E-state index in [4.69, 9.17) is 11.6 Å². The Hall–Kier alpha value is -2.14. The fraction of sp³-hybridized carbons (Fsp3) is 0.214. The maximum Gasteiger partial charge on any atom is 0.261 e. The molecule has 5 nitrogen and oxygen atoms in total. The van der Waals surface area contributed by atoms with Crippen LogP contribution in [0.25, 0.3) is 10.9 Å². The van der Waals surface area contributed by atoms with Crippen LogP contribution in [0.1, 0.15) is 18.5 Å². The Bertz CT molecular complexity index is 837. The summed E-state index contributed by atoms with van der Waals surface area (Å²) in [7, 11) is 1.84. The monoisotopic (exact) mass is 288 g/mol. The third-order valence-corrected chi connectivity index (χ3v) is 3.60. The third kappa shape index (κ3) is 2.10. The number of halogens is 1. The minimum absolute atomic E-state index is 0.103. The fourth-order valence-corrected chi connectivity index (χ4v) is 2.37. The summed E-state index contributed by atoms with van der Waals surface area (Å²) < 4.78 is 3.30. The summed E-state index contributed by atoms with van der Waals surface area (Å²) in [6.07, 6.45) is 5.20. The van der Waals surface area contributed by atoms with Crippen LogP contribution < -0.4 is 5.56 Å².